The fourth-order valence-corrected chi connectivity index (χ4v) is 2.06. The van der Waals surface area contributed by atoms with E-state index < -0.39 is 11.9 Å². The van der Waals surface area contributed by atoms with Crippen molar-refractivity contribution < 1.29 is 14.7 Å². The molecule has 1 fully saturated rings. The van der Waals surface area contributed by atoms with E-state index in [-0.39, 0.29) is 11.8 Å². The number of carboxylic acids is 1. The van der Waals surface area contributed by atoms with Gasteiger partial charge in [-0.1, -0.05) is 12.8 Å². The number of nitrogens with one attached hydrogen (secondary N) is 1. The van der Waals surface area contributed by atoms with Crippen LogP contribution >= 0.6 is 9.39 Å². The molecule has 0 radical (unpaired) electrons. The van der Waals surface area contributed by atoms with E-state index in [0.717, 1.165) is 12.8 Å². The van der Waals surface area contributed by atoms with Gasteiger partial charge in [-0.2, -0.15) is 0 Å². The number of carboxylic acid groups (broad SMARTS) is 1. The Morgan fingerprint density at radius 1 is 1.23 bits per heavy atom. The van der Waals surface area contributed by atoms with E-state index in [9.17, 15) is 9.59 Å². The lowest BCUT2D eigenvalue weighted by Crippen LogP contribution is -2.36. The van der Waals surface area contributed by atoms with Gasteiger partial charge in [0.05, 0.1) is 11.8 Å². The summed E-state index contributed by atoms with van der Waals surface area (Å²) < 4.78 is 0. The molecule has 5 heteroatoms. The van der Waals surface area contributed by atoms with Gasteiger partial charge in [-0.25, -0.2) is 0 Å². The number of aliphatic carboxylic acids is 1. The van der Waals surface area contributed by atoms with Gasteiger partial charge in [0.25, 0.3) is 0 Å². The van der Waals surface area contributed by atoms with E-state index in [2.05, 4.69) is 14.5 Å². The van der Waals surface area contributed by atoms with Crippen molar-refractivity contribution in [3.8, 4) is 0 Å². The minimum absolute atomic E-state index is 0.169. The van der Waals surface area contributed by atoms with Crippen molar-refractivity contribution in [1.29, 1.82) is 0 Å². The van der Waals surface area contributed by atoms with Gasteiger partial charge in [-0.15, -0.1) is 0 Å². The predicted octanol–water partition coefficient (Wildman–Crippen LogP) is 0.784. The summed E-state index contributed by atoms with van der Waals surface area (Å²) in [7, 11) is 2.12. The van der Waals surface area contributed by atoms with Crippen molar-refractivity contribution in [3.63, 3.8) is 0 Å². The Hall–Kier alpha value is -0.630. The second kappa shape index (κ2) is 4.56. The van der Waals surface area contributed by atoms with Gasteiger partial charge >= 0.3 is 5.97 Å². The molecule has 0 bridgehead atoms. The molecule has 0 spiro atoms. The van der Waals surface area contributed by atoms with E-state index >= 15 is 0 Å². The lowest BCUT2D eigenvalue weighted by molar-refractivity contribution is -0.148. The maximum absolute atomic E-state index is 11.3. The fraction of sp³-hybridized carbons (Fsp3) is 0.750. The number of hydrogen-bond acceptors (Lipinski definition) is 2. The number of hydrogen-bond donors (Lipinski definition) is 2. The first-order chi connectivity index (χ1) is 6.16. The van der Waals surface area contributed by atoms with Gasteiger partial charge < -0.3 is 10.2 Å². The van der Waals surface area contributed by atoms with E-state index in [1.807, 2.05) is 0 Å². The average Bonchev–Trinajstić information content (AvgIpc) is 2.16. The molecule has 1 aliphatic rings. The van der Waals surface area contributed by atoms with Crippen LogP contribution in [0.25, 0.3) is 0 Å². The third kappa shape index (κ3) is 2.41. The van der Waals surface area contributed by atoms with E-state index in [1.165, 1.54) is 0 Å². The van der Waals surface area contributed by atoms with Crippen molar-refractivity contribution in [2.24, 2.45) is 11.8 Å². The molecule has 0 aromatic heterocycles. The molecule has 13 heavy (non-hydrogen) atoms. The van der Waals surface area contributed by atoms with Crippen LogP contribution in [0.1, 0.15) is 25.7 Å². The maximum Gasteiger partial charge on any atom is 0.307 e. The Kier molecular flexibility index (Phi) is 3.67. The van der Waals surface area contributed by atoms with Crippen molar-refractivity contribution in [1.82, 2.24) is 5.09 Å². The Labute approximate surface area is 79.3 Å². The summed E-state index contributed by atoms with van der Waals surface area (Å²) in [6, 6.07) is 0. The summed E-state index contributed by atoms with van der Waals surface area (Å²) in [5.74, 6) is -1.85. The van der Waals surface area contributed by atoms with E-state index in [4.69, 9.17) is 5.11 Å². The molecule has 0 heterocycles. The Balaban J connectivity index is 2.67. The number of rotatable bonds is 2. The van der Waals surface area contributed by atoms with E-state index in [0.29, 0.717) is 12.8 Å². The molecule has 74 valence electrons. The molecule has 1 rings (SSSR count). The normalized spacial score (nSPS) is 28.1. The zero-order valence-corrected chi connectivity index (χ0v) is 8.48. The first kappa shape index (κ1) is 10.5. The van der Waals surface area contributed by atoms with Gasteiger partial charge in [-0.3, -0.25) is 9.59 Å². The maximum atomic E-state index is 11.3. The fourth-order valence-electron chi connectivity index (χ4n) is 1.85. The van der Waals surface area contributed by atoms with Gasteiger partial charge in [-0.05, 0) is 22.2 Å². The monoisotopic (exact) mass is 203 g/mol. The highest BCUT2D eigenvalue weighted by Gasteiger charge is 2.34. The molecule has 1 aliphatic carbocycles. The largest absolute Gasteiger partial charge is 0.481 e. The Bertz CT molecular complexity index is 219. The van der Waals surface area contributed by atoms with Crippen LogP contribution < -0.4 is 5.09 Å². The summed E-state index contributed by atoms with van der Waals surface area (Å²) in [5, 5.41) is 11.3. The molecule has 0 saturated heterocycles. The third-order valence-corrected chi connectivity index (χ3v) is 2.85. The second-order valence-electron chi connectivity index (χ2n) is 3.34. The van der Waals surface area contributed by atoms with Gasteiger partial charge in [0, 0.05) is 0 Å². The van der Waals surface area contributed by atoms with Crippen LogP contribution in [0.5, 0.6) is 0 Å². The highest BCUT2D eigenvalue weighted by molar-refractivity contribution is 7.15. The first-order valence-corrected chi connectivity index (χ1v) is 4.98. The first-order valence-electron chi connectivity index (χ1n) is 4.40. The highest BCUT2D eigenvalue weighted by Crippen LogP contribution is 2.30. The topological polar surface area (TPSA) is 66.4 Å². The summed E-state index contributed by atoms with van der Waals surface area (Å²) in [5.41, 5.74) is 0. The number of amides is 1. The molecule has 3 unspecified atom stereocenters. The molecular weight excluding hydrogens is 189 g/mol. The van der Waals surface area contributed by atoms with Crippen LogP contribution in [0, 0.1) is 11.8 Å². The van der Waals surface area contributed by atoms with Crippen LogP contribution in [0.15, 0.2) is 0 Å². The van der Waals surface area contributed by atoms with E-state index in [1.54, 1.807) is 0 Å². The molecule has 4 nitrogen and oxygen atoms in total. The summed E-state index contributed by atoms with van der Waals surface area (Å²) in [6.45, 7) is 0. The lowest BCUT2D eigenvalue weighted by Gasteiger charge is -2.26. The lowest BCUT2D eigenvalue weighted by atomic mass is 9.79. The SMILES string of the molecule is O=C(O)C1CCCCC1C(=O)NP. The van der Waals surface area contributed by atoms with Gasteiger partial charge in [0.1, 0.15) is 0 Å². The van der Waals surface area contributed by atoms with Crippen molar-refractivity contribution in [3.05, 3.63) is 0 Å². The molecule has 0 aromatic rings. The van der Waals surface area contributed by atoms with Crippen LogP contribution in [0.3, 0.4) is 0 Å². The standard InChI is InChI=1S/C8H14NO3P/c10-7(9-13)5-3-1-2-4-6(5)8(11)12/h5-6H,1-4,13H2,(H,9,10)(H,11,12). The summed E-state index contributed by atoms with van der Waals surface area (Å²) in [6.07, 6.45) is 3.18. The van der Waals surface area contributed by atoms with Gasteiger partial charge in [0.15, 0.2) is 0 Å². The third-order valence-electron chi connectivity index (χ3n) is 2.56. The van der Waals surface area contributed by atoms with Crippen LogP contribution in [-0.2, 0) is 9.59 Å². The minimum atomic E-state index is -0.849. The van der Waals surface area contributed by atoms with Crippen LogP contribution in [-0.4, -0.2) is 17.0 Å². The Morgan fingerprint density at radius 3 is 2.23 bits per heavy atom. The zero-order chi connectivity index (χ0) is 9.84. The quantitative estimate of drug-likeness (QED) is 0.652. The number of carbonyl (C=O) groups excluding carboxylic acids is 1. The van der Waals surface area contributed by atoms with Crippen molar-refractivity contribution >= 4 is 21.3 Å². The minimum Gasteiger partial charge on any atom is -0.481 e. The molecule has 0 aromatic carbocycles. The highest BCUT2D eigenvalue weighted by atomic mass is 31.0. The second-order valence-corrected chi connectivity index (χ2v) is 3.63. The molecule has 3 atom stereocenters. The molecular formula is C8H14NO3P. The molecule has 0 aliphatic heterocycles. The molecule has 1 saturated carbocycles. The number of carbonyl (C=O) groups is 2. The summed E-state index contributed by atoms with van der Waals surface area (Å²) in [4.78, 5) is 22.1. The van der Waals surface area contributed by atoms with Crippen molar-refractivity contribution in [2.75, 3.05) is 0 Å². The predicted molar refractivity (Wildman–Crippen MR) is 50.9 cm³/mol. The zero-order valence-electron chi connectivity index (χ0n) is 7.32. The van der Waals surface area contributed by atoms with Crippen LogP contribution in [0.2, 0.25) is 0 Å². The summed E-state index contributed by atoms with van der Waals surface area (Å²) >= 11 is 0. The average molecular weight is 203 g/mol. The van der Waals surface area contributed by atoms with Crippen LogP contribution in [0.4, 0.5) is 0 Å². The van der Waals surface area contributed by atoms with Gasteiger partial charge in [0.2, 0.25) is 5.91 Å². The molecule has 1 amide bonds. The van der Waals surface area contributed by atoms with Crippen molar-refractivity contribution in [2.45, 2.75) is 25.7 Å². The Morgan fingerprint density at radius 2 is 1.77 bits per heavy atom. The smallest absolute Gasteiger partial charge is 0.307 e. The molecule has 2 N–H and O–H groups in total.